The molecule has 1 amide bonds. The zero-order valence-electron chi connectivity index (χ0n) is 11.0. The predicted molar refractivity (Wildman–Crippen MR) is 80.5 cm³/mol. The van der Waals surface area contributed by atoms with E-state index in [1.165, 1.54) is 24.3 Å². The van der Waals surface area contributed by atoms with Crippen molar-refractivity contribution in [3.05, 3.63) is 30.3 Å². The predicted octanol–water partition coefficient (Wildman–Crippen LogP) is 1.59. The number of phenols is 1. The van der Waals surface area contributed by atoms with Crippen molar-refractivity contribution >= 4 is 73.6 Å². The van der Waals surface area contributed by atoms with E-state index in [1.54, 1.807) is 0 Å². The summed E-state index contributed by atoms with van der Waals surface area (Å²) in [6.07, 6.45) is 0. The van der Waals surface area contributed by atoms with E-state index in [9.17, 15) is 18.3 Å². The van der Waals surface area contributed by atoms with E-state index in [0.29, 0.717) is 16.5 Å². The maximum absolute atomic E-state index is 11.2. The molecule has 0 bridgehead atoms. The first-order valence-electron chi connectivity index (χ1n) is 5.41. The standard InChI is InChI=1S/C12H10ClNO5S.Na/c13-6-12(16)14-8-2-1-7-3-9(20(17,18)19)5-11(15)10(7)4-8;/h1-5,15H,6H2,(H,14,16)(H,17,18,19);. The number of alkyl halides is 1. The van der Waals surface area contributed by atoms with Crippen molar-refractivity contribution in [3.8, 4) is 5.75 Å². The first-order chi connectivity index (χ1) is 9.31. The Morgan fingerprint density at radius 1 is 1.24 bits per heavy atom. The molecule has 0 fully saturated rings. The van der Waals surface area contributed by atoms with Crippen LogP contribution in [0.3, 0.4) is 0 Å². The van der Waals surface area contributed by atoms with Crippen molar-refractivity contribution in [2.24, 2.45) is 0 Å². The van der Waals surface area contributed by atoms with E-state index in [1.807, 2.05) is 0 Å². The third-order valence-electron chi connectivity index (χ3n) is 2.61. The summed E-state index contributed by atoms with van der Waals surface area (Å²) in [5, 5.41) is 13.1. The van der Waals surface area contributed by atoms with Crippen LogP contribution in [0.1, 0.15) is 0 Å². The molecule has 0 aromatic heterocycles. The van der Waals surface area contributed by atoms with Gasteiger partial charge < -0.3 is 10.4 Å². The molecule has 0 aliphatic rings. The van der Waals surface area contributed by atoms with Gasteiger partial charge in [-0.15, -0.1) is 11.6 Å². The van der Waals surface area contributed by atoms with Gasteiger partial charge in [0.2, 0.25) is 5.91 Å². The third kappa shape index (κ3) is 4.32. The third-order valence-corrected chi connectivity index (χ3v) is 3.68. The first kappa shape index (κ1) is 18.2. The Labute approximate surface area is 148 Å². The normalized spacial score (nSPS) is 11.0. The molecule has 2 rings (SSSR count). The number of rotatable bonds is 3. The van der Waals surface area contributed by atoms with Gasteiger partial charge in [-0.2, -0.15) is 8.42 Å². The van der Waals surface area contributed by atoms with Crippen molar-refractivity contribution in [3.63, 3.8) is 0 Å². The molecule has 2 aromatic rings. The second-order valence-corrected chi connectivity index (χ2v) is 5.72. The van der Waals surface area contributed by atoms with Gasteiger partial charge in [0.1, 0.15) is 11.6 Å². The molecule has 0 heterocycles. The van der Waals surface area contributed by atoms with Gasteiger partial charge >= 0.3 is 0 Å². The molecule has 9 heteroatoms. The van der Waals surface area contributed by atoms with Gasteiger partial charge in [-0.1, -0.05) is 6.07 Å². The Kier molecular flexibility index (Phi) is 6.03. The van der Waals surface area contributed by atoms with Gasteiger partial charge in [-0.25, -0.2) is 0 Å². The van der Waals surface area contributed by atoms with Crippen molar-refractivity contribution in [1.29, 1.82) is 0 Å². The Morgan fingerprint density at radius 2 is 1.90 bits per heavy atom. The van der Waals surface area contributed by atoms with Gasteiger partial charge in [0.15, 0.2) is 0 Å². The van der Waals surface area contributed by atoms with E-state index < -0.39 is 20.9 Å². The van der Waals surface area contributed by atoms with Crippen LogP contribution >= 0.6 is 11.6 Å². The molecule has 3 N–H and O–H groups in total. The van der Waals surface area contributed by atoms with Gasteiger partial charge in [0, 0.05) is 46.7 Å². The second-order valence-electron chi connectivity index (χ2n) is 4.04. The van der Waals surface area contributed by atoms with Gasteiger partial charge in [0.05, 0.1) is 4.90 Å². The summed E-state index contributed by atoms with van der Waals surface area (Å²) in [5.74, 6) is -0.928. The van der Waals surface area contributed by atoms with E-state index in [4.69, 9.17) is 16.2 Å². The fourth-order valence-electron chi connectivity index (χ4n) is 1.73. The molecule has 0 saturated carbocycles. The Balaban J connectivity index is 0.00000220. The summed E-state index contributed by atoms with van der Waals surface area (Å²) in [6.45, 7) is 0. The summed E-state index contributed by atoms with van der Waals surface area (Å²) in [7, 11) is -4.40. The summed E-state index contributed by atoms with van der Waals surface area (Å²) >= 11 is 5.37. The molecule has 0 unspecified atom stereocenters. The monoisotopic (exact) mass is 338 g/mol. The summed E-state index contributed by atoms with van der Waals surface area (Å²) in [4.78, 5) is 10.8. The number of halogens is 1. The molecule has 21 heavy (non-hydrogen) atoms. The number of hydrogen-bond donors (Lipinski definition) is 3. The van der Waals surface area contributed by atoms with Crippen molar-refractivity contribution in [2.75, 3.05) is 11.2 Å². The molecular formula is C12H10ClNNaO5S. The first-order valence-corrected chi connectivity index (χ1v) is 7.39. The molecule has 2 aromatic carbocycles. The van der Waals surface area contributed by atoms with Crippen LogP contribution in [0.5, 0.6) is 5.75 Å². The number of aromatic hydroxyl groups is 1. The SMILES string of the molecule is O=C(CCl)Nc1ccc2cc(S(=O)(=O)O)cc(O)c2c1.[Na]. The number of fused-ring (bicyclic) bond motifs is 1. The minimum Gasteiger partial charge on any atom is -0.507 e. The quantitative estimate of drug-likeness (QED) is 0.448. The zero-order chi connectivity index (χ0) is 14.9. The van der Waals surface area contributed by atoms with Crippen molar-refractivity contribution < 1.29 is 22.9 Å². The second kappa shape index (κ2) is 6.95. The fourth-order valence-corrected chi connectivity index (χ4v) is 2.34. The number of amides is 1. The molecule has 0 spiro atoms. The molecular weight excluding hydrogens is 329 g/mol. The van der Waals surface area contributed by atoms with E-state index in [0.717, 1.165) is 6.07 Å². The summed E-state index contributed by atoms with van der Waals surface area (Å²) < 4.78 is 31.1. The van der Waals surface area contributed by atoms with E-state index in [-0.39, 0.29) is 41.2 Å². The van der Waals surface area contributed by atoms with Crippen LogP contribution in [-0.4, -0.2) is 59.4 Å². The minimum atomic E-state index is -4.40. The fraction of sp³-hybridized carbons (Fsp3) is 0.0833. The van der Waals surface area contributed by atoms with Gasteiger partial charge in [-0.3, -0.25) is 9.35 Å². The Hall–Kier alpha value is -0.830. The number of carbonyl (C=O) groups excluding carboxylic acids is 1. The number of carbonyl (C=O) groups is 1. The van der Waals surface area contributed by atoms with Gasteiger partial charge in [-0.05, 0) is 23.6 Å². The Morgan fingerprint density at radius 3 is 2.48 bits per heavy atom. The maximum Gasteiger partial charge on any atom is 0.294 e. The van der Waals surface area contributed by atoms with Crippen LogP contribution in [0.4, 0.5) is 5.69 Å². The largest absolute Gasteiger partial charge is 0.507 e. The van der Waals surface area contributed by atoms with Crippen molar-refractivity contribution in [1.82, 2.24) is 0 Å². The minimum absolute atomic E-state index is 0. The van der Waals surface area contributed by atoms with Crippen LogP contribution in [0.25, 0.3) is 10.8 Å². The molecule has 6 nitrogen and oxygen atoms in total. The molecule has 0 atom stereocenters. The Bertz CT molecular complexity index is 794. The number of hydrogen-bond acceptors (Lipinski definition) is 4. The zero-order valence-corrected chi connectivity index (χ0v) is 14.6. The van der Waals surface area contributed by atoms with E-state index in [2.05, 4.69) is 5.32 Å². The van der Waals surface area contributed by atoms with Crippen LogP contribution < -0.4 is 5.32 Å². The maximum atomic E-state index is 11.2. The number of phenolic OH excluding ortho intramolecular Hbond substituents is 1. The molecule has 107 valence electrons. The van der Waals surface area contributed by atoms with Crippen molar-refractivity contribution in [2.45, 2.75) is 4.90 Å². The van der Waals surface area contributed by atoms with Crippen LogP contribution in [0, 0.1) is 0 Å². The molecule has 1 radical (unpaired) electrons. The smallest absolute Gasteiger partial charge is 0.294 e. The summed E-state index contributed by atoms with van der Waals surface area (Å²) in [5.41, 5.74) is 0.415. The number of benzene rings is 2. The summed E-state index contributed by atoms with van der Waals surface area (Å²) in [6, 6.07) is 6.67. The van der Waals surface area contributed by atoms with E-state index >= 15 is 0 Å². The van der Waals surface area contributed by atoms with Crippen LogP contribution in [-0.2, 0) is 14.9 Å². The average molecular weight is 339 g/mol. The topological polar surface area (TPSA) is 104 Å². The molecule has 0 aliphatic heterocycles. The van der Waals surface area contributed by atoms with Crippen LogP contribution in [0.2, 0.25) is 0 Å². The molecule has 0 aliphatic carbocycles. The number of anilines is 1. The number of nitrogens with one attached hydrogen (secondary N) is 1. The van der Waals surface area contributed by atoms with Crippen LogP contribution in [0.15, 0.2) is 35.2 Å². The van der Waals surface area contributed by atoms with Gasteiger partial charge in [0.25, 0.3) is 10.1 Å². The molecule has 0 saturated heterocycles. The average Bonchev–Trinajstić information content (AvgIpc) is 2.38.